The lowest BCUT2D eigenvalue weighted by atomic mass is 9.81. The van der Waals surface area contributed by atoms with Crippen LogP contribution in [0.3, 0.4) is 0 Å². The van der Waals surface area contributed by atoms with E-state index in [1.807, 2.05) is 32.9 Å². The predicted octanol–water partition coefficient (Wildman–Crippen LogP) is 4.53. The van der Waals surface area contributed by atoms with E-state index in [9.17, 15) is 14.4 Å². The van der Waals surface area contributed by atoms with Crippen molar-refractivity contribution in [3.8, 4) is 0 Å². The number of ketones is 2. The maximum absolute atomic E-state index is 13.3. The Bertz CT molecular complexity index is 973. The molecule has 0 saturated carbocycles. The highest BCUT2D eigenvalue weighted by Crippen LogP contribution is 2.40. The molecule has 2 aromatic carbocycles. The predicted molar refractivity (Wildman–Crippen MR) is 112 cm³/mol. The summed E-state index contributed by atoms with van der Waals surface area (Å²) in [5.74, 6) is -0.920. The van der Waals surface area contributed by atoms with Crippen LogP contribution in [0.4, 0.5) is 0 Å². The first-order valence-electron chi connectivity index (χ1n) is 9.07. The summed E-state index contributed by atoms with van der Waals surface area (Å²) < 4.78 is 0.843. The zero-order valence-electron chi connectivity index (χ0n) is 16.1. The highest BCUT2D eigenvalue weighted by molar-refractivity contribution is 9.10. The summed E-state index contributed by atoms with van der Waals surface area (Å²) in [5.41, 5.74) is -0.113. The summed E-state index contributed by atoms with van der Waals surface area (Å²) in [6.45, 7) is 5.59. The van der Waals surface area contributed by atoms with E-state index >= 15 is 0 Å². The van der Waals surface area contributed by atoms with Gasteiger partial charge in [0, 0.05) is 21.1 Å². The number of allylic oxidation sites excluding steroid dienone is 1. The van der Waals surface area contributed by atoms with Gasteiger partial charge in [-0.25, -0.2) is 0 Å². The number of fused-ring (bicyclic) bond motifs is 1. The van der Waals surface area contributed by atoms with Gasteiger partial charge in [0.25, 0.3) is 0 Å². The molecule has 28 heavy (non-hydrogen) atoms. The minimum absolute atomic E-state index is 0.223. The van der Waals surface area contributed by atoms with Crippen LogP contribution in [0.25, 0.3) is 0 Å². The van der Waals surface area contributed by atoms with Crippen LogP contribution in [-0.4, -0.2) is 23.0 Å². The first kappa shape index (κ1) is 20.2. The van der Waals surface area contributed by atoms with E-state index in [0.29, 0.717) is 11.1 Å². The number of Topliss-reactive ketones (excluding diaryl/α,β-unsaturated/α-hetero) is 1. The van der Waals surface area contributed by atoms with Crippen molar-refractivity contribution in [2.75, 3.05) is 0 Å². The Morgan fingerprint density at radius 3 is 2.43 bits per heavy atom. The van der Waals surface area contributed by atoms with Gasteiger partial charge in [-0.2, -0.15) is 0 Å². The number of rotatable bonds is 4. The van der Waals surface area contributed by atoms with Crippen molar-refractivity contribution in [2.45, 2.75) is 32.7 Å². The Morgan fingerprint density at radius 1 is 1.11 bits per heavy atom. The Morgan fingerprint density at radius 2 is 1.79 bits per heavy atom. The molecular weight excluding hydrogens is 418 g/mol. The SMILES string of the molecule is CC(C)(C)NC(=O)C1(/C=C/C(=O)c2ccccc2)Cc2cc(Br)ccc2C1=O. The second-order valence-electron chi connectivity index (χ2n) is 8.05. The smallest absolute Gasteiger partial charge is 0.238 e. The van der Waals surface area contributed by atoms with Gasteiger partial charge < -0.3 is 5.32 Å². The molecular formula is C23H22BrNO3. The zero-order chi connectivity index (χ0) is 20.5. The van der Waals surface area contributed by atoms with Crippen LogP contribution < -0.4 is 5.32 Å². The molecule has 1 N–H and O–H groups in total. The monoisotopic (exact) mass is 439 g/mol. The molecule has 0 aromatic heterocycles. The van der Waals surface area contributed by atoms with Crippen molar-refractivity contribution < 1.29 is 14.4 Å². The normalized spacial score (nSPS) is 18.9. The fourth-order valence-electron chi connectivity index (χ4n) is 3.31. The van der Waals surface area contributed by atoms with Crippen LogP contribution >= 0.6 is 15.9 Å². The van der Waals surface area contributed by atoms with E-state index in [2.05, 4.69) is 21.2 Å². The van der Waals surface area contributed by atoms with E-state index < -0.39 is 16.9 Å². The average Bonchev–Trinajstić information content (AvgIpc) is 2.91. The molecule has 144 valence electrons. The number of hydrogen-bond donors (Lipinski definition) is 1. The quantitative estimate of drug-likeness (QED) is 0.432. The largest absolute Gasteiger partial charge is 0.350 e. The molecule has 0 heterocycles. The number of carbonyl (C=O) groups excluding carboxylic acids is 3. The molecule has 1 atom stereocenters. The topological polar surface area (TPSA) is 63.2 Å². The van der Waals surface area contributed by atoms with E-state index in [4.69, 9.17) is 0 Å². The van der Waals surface area contributed by atoms with Gasteiger partial charge in [0.2, 0.25) is 5.91 Å². The average molecular weight is 440 g/mol. The number of amides is 1. The minimum atomic E-state index is -1.43. The first-order valence-corrected chi connectivity index (χ1v) is 9.86. The van der Waals surface area contributed by atoms with Gasteiger partial charge in [-0.1, -0.05) is 52.3 Å². The van der Waals surface area contributed by atoms with Gasteiger partial charge in [-0.05, 0) is 57.0 Å². The van der Waals surface area contributed by atoms with E-state index in [0.717, 1.165) is 10.0 Å². The van der Waals surface area contributed by atoms with Crippen LogP contribution in [0.15, 0.2) is 65.2 Å². The number of nitrogens with one attached hydrogen (secondary N) is 1. The third-order valence-corrected chi connectivity index (χ3v) is 5.15. The van der Waals surface area contributed by atoms with Gasteiger partial charge >= 0.3 is 0 Å². The maximum atomic E-state index is 13.3. The number of hydrogen-bond acceptors (Lipinski definition) is 3. The van der Waals surface area contributed by atoms with Crippen molar-refractivity contribution in [3.05, 3.63) is 81.8 Å². The molecule has 0 radical (unpaired) electrons. The first-order chi connectivity index (χ1) is 13.1. The lowest BCUT2D eigenvalue weighted by molar-refractivity contribution is -0.127. The van der Waals surface area contributed by atoms with Crippen LogP contribution in [0, 0.1) is 5.41 Å². The van der Waals surface area contributed by atoms with Crippen LogP contribution in [0.2, 0.25) is 0 Å². The zero-order valence-corrected chi connectivity index (χ0v) is 17.7. The fourth-order valence-corrected chi connectivity index (χ4v) is 3.72. The molecule has 0 saturated heterocycles. The van der Waals surface area contributed by atoms with Crippen molar-refractivity contribution in [2.24, 2.45) is 5.41 Å². The number of carbonyl (C=O) groups is 3. The van der Waals surface area contributed by atoms with Crippen LogP contribution in [-0.2, 0) is 11.2 Å². The molecule has 5 heteroatoms. The highest BCUT2D eigenvalue weighted by Gasteiger charge is 2.50. The number of benzene rings is 2. The molecule has 0 aliphatic heterocycles. The highest BCUT2D eigenvalue weighted by atomic mass is 79.9. The van der Waals surface area contributed by atoms with E-state index in [1.165, 1.54) is 12.2 Å². The van der Waals surface area contributed by atoms with Crippen LogP contribution in [0.5, 0.6) is 0 Å². The van der Waals surface area contributed by atoms with Crippen molar-refractivity contribution in [3.63, 3.8) is 0 Å². The molecule has 1 unspecified atom stereocenters. The van der Waals surface area contributed by atoms with Crippen LogP contribution in [0.1, 0.15) is 47.1 Å². The molecule has 1 amide bonds. The summed E-state index contributed by atoms with van der Waals surface area (Å²) in [4.78, 5) is 39.0. The second-order valence-corrected chi connectivity index (χ2v) is 8.96. The Hall–Kier alpha value is -2.53. The molecule has 0 bridgehead atoms. The fraction of sp³-hybridized carbons (Fsp3) is 0.261. The lowest BCUT2D eigenvalue weighted by Gasteiger charge is -2.29. The van der Waals surface area contributed by atoms with Crippen molar-refractivity contribution in [1.82, 2.24) is 5.32 Å². The van der Waals surface area contributed by atoms with Gasteiger partial charge in [0.1, 0.15) is 5.41 Å². The number of halogens is 1. The Labute approximate surface area is 173 Å². The second kappa shape index (κ2) is 7.47. The lowest BCUT2D eigenvalue weighted by Crippen LogP contribution is -2.51. The van der Waals surface area contributed by atoms with Crippen molar-refractivity contribution in [1.29, 1.82) is 0 Å². The molecule has 1 aliphatic rings. The van der Waals surface area contributed by atoms with E-state index in [1.54, 1.807) is 36.4 Å². The van der Waals surface area contributed by atoms with Gasteiger partial charge in [0.05, 0.1) is 0 Å². The summed E-state index contributed by atoms with van der Waals surface area (Å²) in [5, 5.41) is 2.91. The Balaban J connectivity index is 2.02. The third-order valence-electron chi connectivity index (χ3n) is 4.66. The molecule has 0 spiro atoms. The van der Waals surface area contributed by atoms with Gasteiger partial charge in [0.15, 0.2) is 11.6 Å². The molecule has 0 fully saturated rings. The summed E-state index contributed by atoms with van der Waals surface area (Å²) in [6.07, 6.45) is 3.04. The molecule has 1 aliphatic carbocycles. The van der Waals surface area contributed by atoms with Gasteiger partial charge in [-0.3, -0.25) is 14.4 Å². The van der Waals surface area contributed by atoms with Gasteiger partial charge in [-0.15, -0.1) is 0 Å². The maximum Gasteiger partial charge on any atom is 0.238 e. The molecule has 3 rings (SSSR count). The molecule has 2 aromatic rings. The van der Waals surface area contributed by atoms with E-state index in [-0.39, 0.29) is 18.0 Å². The summed E-state index contributed by atoms with van der Waals surface area (Å²) in [6, 6.07) is 14.1. The minimum Gasteiger partial charge on any atom is -0.350 e. The standard InChI is InChI=1S/C23H22BrNO3/c1-22(2,3)25-21(28)23(12-11-19(26)15-7-5-4-6-8-15)14-16-13-17(24)9-10-18(16)20(23)27/h4-13H,14H2,1-3H3,(H,25,28)/b12-11+. The van der Waals surface area contributed by atoms with Crippen molar-refractivity contribution >= 4 is 33.4 Å². The Kier molecular flexibility index (Phi) is 5.39. The summed E-state index contributed by atoms with van der Waals surface area (Å²) >= 11 is 3.42. The molecule has 4 nitrogen and oxygen atoms in total. The third kappa shape index (κ3) is 3.99. The summed E-state index contributed by atoms with van der Waals surface area (Å²) in [7, 11) is 0.